The molecule has 1 nitrogen and oxygen atoms in total. The van der Waals surface area contributed by atoms with Gasteiger partial charge in [-0.15, -0.1) is 11.3 Å². The van der Waals surface area contributed by atoms with Crippen LogP contribution in [0.1, 0.15) is 31.1 Å². The summed E-state index contributed by atoms with van der Waals surface area (Å²) < 4.78 is 0.926. The monoisotopic (exact) mass is 257 g/mol. The van der Waals surface area contributed by atoms with Gasteiger partial charge in [-0.3, -0.25) is 0 Å². The van der Waals surface area contributed by atoms with Gasteiger partial charge in [0, 0.05) is 4.88 Å². The standard InChI is InChI=1S/C13H20ClNS/c1-2-7-15-9-11-4-3-10(11)8-12-5-6-13(14)16-12/h5-6,10-11,15H,2-4,7-9H2,1H3. The van der Waals surface area contributed by atoms with Crippen LogP contribution in [-0.2, 0) is 6.42 Å². The summed E-state index contributed by atoms with van der Waals surface area (Å²) >= 11 is 7.69. The van der Waals surface area contributed by atoms with Crippen molar-refractivity contribution >= 4 is 22.9 Å². The topological polar surface area (TPSA) is 12.0 Å². The largest absolute Gasteiger partial charge is 0.316 e. The lowest BCUT2D eigenvalue weighted by molar-refractivity contribution is 0.172. The van der Waals surface area contributed by atoms with Crippen molar-refractivity contribution in [1.29, 1.82) is 0 Å². The van der Waals surface area contributed by atoms with E-state index in [0.29, 0.717) is 0 Å². The van der Waals surface area contributed by atoms with Gasteiger partial charge in [-0.25, -0.2) is 0 Å². The van der Waals surface area contributed by atoms with Crippen molar-refractivity contribution in [2.45, 2.75) is 32.6 Å². The van der Waals surface area contributed by atoms with E-state index in [-0.39, 0.29) is 0 Å². The summed E-state index contributed by atoms with van der Waals surface area (Å²) in [5.74, 6) is 1.78. The van der Waals surface area contributed by atoms with Crippen molar-refractivity contribution in [3.8, 4) is 0 Å². The molecule has 1 saturated carbocycles. The molecule has 0 bridgehead atoms. The van der Waals surface area contributed by atoms with Crippen LogP contribution in [0.15, 0.2) is 12.1 Å². The molecule has 0 aromatic carbocycles. The molecule has 1 aliphatic carbocycles. The normalized spacial score (nSPS) is 24.4. The third-order valence-electron chi connectivity index (χ3n) is 3.50. The average Bonchev–Trinajstić information content (AvgIpc) is 2.66. The number of thiophene rings is 1. The Kier molecular flexibility index (Phi) is 4.68. The van der Waals surface area contributed by atoms with Crippen molar-refractivity contribution in [2.24, 2.45) is 11.8 Å². The van der Waals surface area contributed by atoms with E-state index in [9.17, 15) is 0 Å². The third kappa shape index (κ3) is 3.22. The second-order valence-electron chi connectivity index (χ2n) is 4.71. The van der Waals surface area contributed by atoms with Crippen molar-refractivity contribution in [3.05, 3.63) is 21.3 Å². The molecule has 16 heavy (non-hydrogen) atoms. The van der Waals surface area contributed by atoms with E-state index in [4.69, 9.17) is 11.6 Å². The Hall–Kier alpha value is -0.0500. The summed E-state index contributed by atoms with van der Waals surface area (Å²) in [7, 11) is 0. The molecule has 1 aliphatic rings. The molecular formula is C13H20ClNS. The number of halogens is 1. The van der Waals surface area contributed by atoms with Gasteiger partial charge in [0.25, 0.3) is 0 Å². The van der Waals surface area contributed by atoms with Crippen molar-refractivity contribution in [1.82, 2.24) is 5.32 Å². The van der Waals surface area contributed by atoms with E-state index in [1.54, 1.807) is 11.3 Å². The lowest BCUT2D eigenvalue weighted by Crippen LogP contribution is -2.36. The Bertz CT molecular complexity index is 323. The molecule has 2 atom stereocenters. The van der Waals surface area contributed by atoms with Crippen molar-refractivity contribution in [2.75, 3.05) is 13.1 Å². The van der Waals surface area contributed by atoms with E-state index in [0.717, 1.165) is 22.7 Å². The van der Waals surface area contributed by atoms with Gasteiger partial charge in [0.2, 0.25) is 0 Å². The van der Waals surface area contributed by atoms with Gasteiger partial charge in [0.05, 0.1) is 4.34 Å². The van der Waals surface area contributed by atoms with Crippen LogP contribution in [-0.4, -0.2) is 13.1 Å². The van der Waals surface area contributed by atoms with Gasteiger partial charge in [-0.1, -0.05) is 18.5 Å². The summed E-state index contributed by atoms with van der Waals surface area (Å²) in [6.45, 7) is 4.59. The van der Waals surface area contributed by atoms with E-state index >= 15 is 0 Å². The van der Waals surface area contributed by atoms with Crippen LogP contribution in [0.25, 0.3) is 0 Å². The molecule has 0 radical (unpaired) electrons. The van der Waals surface area contributed by atoms with Crippen LogP contribution < -0.4 is 5.32 Å². The summed E-state index contributed by atoms with van der Waals surface area (Å²) in [6, 6.07) is 4.20. The SMILES string of the molecule is CCCNCC1CCC1Cc1ccc(Cl)s1. The number of nitrogens with one attached hydrogen (secondary N) is 1. The van der Waals surface area contributed by atoms with Gasteiger partial charge in [-0.05, 0) is 62.7 Å². The zero-order valence-electron chi connectivity index (χ0n) is 9.84. The molecule has 3 heteroatoms. The summed E-state index contributed by atoms with van der Waals surface area (Å²) in [6.07, 6.45) is 5.27. The molecule has 0 spiro atoms. The van der Waals surface area contributed by atoms with Crippen LogP contribution in [0, 0.1) is 11.8 Å². The molecule has 1 heterocycles. The maximum atomic E-state index is 5.95. The highest BCUT2D eigenvalue weighted by atomic mass is 35.5. The molecule has 90 valence electrons. The molecule has 2 rings (SSSR count). The van der Waals surface area contributed by atoms with Crippen molar-refractivity contribution in [3.63, 3.8) is 0 Å². The molecule has 1 aromatic heterocycles. The Morgan fingerprint density at radius 2 is 2.19 bits per heavy atom. The Morgan fingerprint density at radius 3 is 2.75 bits per heavy atom. The first-order chi connectivity index (χ1) is 7.79. The minimum absolute atomic E-state index is 0.888. The zero-order valence-corrected chi connectivity index (χ0v) is 11.4. The van der Waals surface area contributed by atoms with Gasteiger partial charge >= 0.3 is 0 Å². The van der Waals surface area contributed by atoms with Crippen LogP contribution in [0.4, 0.5) is 0 Å². The summed E-state index contributed by atoms with van der Waals surface area (Å²) in [4.78, 5) is 1.45. The molecular weight excluding hydrogens is 238 g/mol. The summed E-state index contributed by atoms with van der Waals surface area (Å²) in [5, 5.41) is 3.54. The first-order valence-corrected chi connectivity index (χ1v) is 7.44. The molecule has 1 aromatic rings. The molecule has 0 aliphatic heterocycles. The molecule has 2 unspecified atom stereocenters. The van der Waals surface area contributed by atoms with Gasteiger partial charge in [0.15, 0.2) is 0 Å². The minimum Gasteiger partial charge on any atom is -0.316 e. The van der Waals surface area contributed by atoms with Crippen LogP contribution in [0.2, 0.25) is 4.34 Å². The lowest BCUT2D eigenvalue weighted by Gasteiger charge is -2.36. The highest BCUT2D eigenvalue weighted by Gasteiger charge is 2.30. The number of hydrogen-bond acceptors (Lipinski definition) is 2. The second kappa shape index (κ2) is 6.04. The highest BCUT2D eigenvalue weighted by molar-refractivity contribution is 7.16. The fraction of sp³-hybridized carbons (Fsp3) is 0.692. The molecule has 1 fully saturated rings. The van der Waals surface area contributed by atoms with Crippen LogP contribution >= 0.6 is 22.9 Å². The first-order valence-electron chi connectivity index (χ1n) is 6.24. The van der Waals surface area contributed by atoms with E-state index in [1.807, 2.05) is 6.07 Å². The minimum atomic E-state index is 0.888. The molecule has 1 N–H and O–H groups in total. The first kappa shape index (κ1) is 12.4. The molecule has 0 saturated heterocycles. The number of hydrogen-bond donors (Lipinski definition) is 1. The van der Waals surface area contributed by atoms with Gasteiger partial charge < -0.3 is 5.32 Å². The Labute approximate surface area is 107 Å². The molecule has 0 amide bonds. The van der Waals surface area contributed by atoms with E-state index < -0.39 is 0 Å². The van der Waals surface area contributed by atoms with Gasteiger partial charge in [0.1, 0.15) is 0 Å². The second-order valence-corrected chi connectivity index (χ2v) is 6.51. The zero-order chi connectivity index (χ0) is 11.4. The quantitative estimate of drug-likeness (QED) is 0.761. The average molecular weight is 258 g/mol. The Balaban J connectivity index is 1.74. The van der Waals surface area contributed by atoms with E-state index in [2.05, 4.69) is 18.3 Å². The fourth-order valence-electron chi connectivity index (χ4n) is 2.36. The lowest BCUT2D eigenvalue weighted by atomic mass is 9.71. The maximum absolute atomic E-state index is 5.95. The van der Waals surface area contributed by atoms with E-state index in [1.165, 1.54) is 37.1 Å². The van der Waals surface area contributed by atoms with Gasteiger partial charge in [-0.2, -0.15) is 0 Å². The maximum Gasteiger partial charge on any atom is 0.0931 e. The highest BCUT2D eigenvalue weighted by Crippen LogP contribution is 2.38. The van der Waals surface area contributed by atoms with Crippen molar-refractivity contribution < 1.29 is 0 Å². The van der Waals surface area contributed by atoms with Crippen LogP contribution in [0.3, 0.4) is 0 Å². The fourth-order valence-corrected chi connectivity index (χ4v) is 3.54. The number of rotatable bonds is 6. The Morgan fingerprint density at radius 1 is 1.38 bits per heavy atom. The smallest absolute Gasteiger partial charge is 0.0931 e. The predicted molar refractivity (Wildman–Crippen MR) is 72.4 cm³/mol. The third-order valence-corrected chi connectivity index (χ3v) is 4.75. The summed E-state index contributed by atoms with van der Waals surface area (Å²) in [5.41, 5.74) is 0. The predicted octanol–water partition coefficient (Wildman–Crippen LogP) is 3.97. The van der Waals surface area contributed by atoms with Crippen LogP contribution in [0.5, 0.6) is 0 Å².